The van der Waals surface area contributed by atoms with Gasteiger partial charge in [0.1, 0.15) is 18.0 Å². The second kappa shape index (κ2) is 5.40. The van der Waals surface area contributed by atoms with Gasteiger partial charge in [0.15, 0.2) is 5.69 Å². The Hall–Kier alpha value is -1.89. The first-order chi connectivity index (χ1) is 9.04. The van der Waals surface area contributed by atoms with Gasteiger partial charge >= 0.3 is 5.97 Å². The number of halogens is 2. The summed E-state index contributed by atoms with van der Waals surface area (Å²) in [4.78, 5) is 15.4. The Kier molecular flexibility index (Phi) is 3.84. The van der Waals surface area contributed by atoms with E-state index in [0.717, 1.165) is 0 Å². The van der Waals surface area contributed by atoms with Crippen molar-refractivity contribution >= 4 is 27.7 Å². The Morgan fingerprint density at radius 1 is 1.58 bits per heavy atom. The van der Waals surface area contributed by atoms with Crippen LogP contribution in [0.15, 0.2) is 29.0 Å². The van der Waals surface area contributed by atoms with Gasteiger partial charge in [-0.2, -0.15) is 0 Å². The van der Waals surface area contributed by atoms with Gasteiger partial charge in [-0.15, -0.1) is 0 Å². The number of nitrogen functional groups attached to an aromatic ring is 1. The zero-order valence-corrected chi connectivity index (χ0v) is 11.6. The number of imidazole rings is 1. The minimum absolute atomic E-state index is 0.0266. The van der Waals surface area contributed by atoms with E-state index < -0.39 is 11.8 Å². The van der Waals surface area contributed by atoms with Crippen LogP contribution in [-0.2, 0) is 4.74 Å². The van der Waals surface area contributed by atoms with Crippen LogP contribution in [0.5, 0.6) is 0 Å². The minimum atomic E-state index is -0.630. The van der Waals surface area contributed by atoms with Gasteiger partial charge in [0.05, 0.1) is 12.3 Å². The summed E-state index contributed by atoms with van der Waals surface area (Å²) in [6.45, 7) is 1.90. The number of nitrogens with two attached hydrogens (primary N) is 1. The summed E-state index contributed by atoms with van der Waals surface area (Å²) >= 11 is 3.25. The second-order valence-corrected chi connectivity index (χ2v) is 4.58. The highest BCUT2D eigenvalue weighted by Gasteiger charge is 2.19. The largest absolute Gasteiger partial charge is 0.461 e. The molecule has 19 heavy (non-hydrogen) atoms. The number of hydrogen-bond donors (Lipinski definition) is 1. The van der Waals surface area contributed by atoms with Crippen molar-refractivity contribution in [3.8, 4) is 5.69 Å². The van der Waals surface area contributed by atoms with E-state index in [9.17, 15) is 9.18 Å². The number of esters is 1. The monoisotopic (exact) mass is 327 g/mol. The smallest absolute Gasteiger partial charge is 0.360 e. The van der Waals surface area contributed by atoms with Crippen molar-refractivity contribution in [2.75, 3.05) is 12.3 Å². The summed E-state index contributed by atoms with van der Waals surface area (Å²) in [5.74, 6) is -1.06. The highest BCUT2D eigenvalue weighted by atomic mass is 79.9. The Labute approximate surface area is 117 Å². The fraction of sp³-hybridized carbons (Fsp3) is 0.167. The SMILES string of the molecule is CCOC(=O)c1ncn(-c2cc(Br)ccc2F)c1N. The summed E-state index contributed by atoms with van der Waals surface area (Å²) < 4.78 is 20.6. The van der Waals surface area contributed by atoms with Gasteiger partial charge in [0.25, 0.3) is 0 Å². The topological polar surface area (TPSA) is 70.1 Å². The molecule has 0 radical (unpaired) electrons. The maximum Gasteiger partial charge on any atom is 0.360 e. The van der Waals surface area contributed by atoms with Crippen LogP contribution in [0.4, 0.5) is 10.2 Å². The molecule has 2 N–H and O–H groups in total. The summed E-state index contributed by atoms with van der Waals surface area (Å²) in [6, 6.07) is 4.41. The lowest BCUT2D eigenvalue weighted by Crippen LogP contribution is -2.10. The van der Waals surface area contributed by atoms with Crippen molar-refractivity contribution in [1.82, 2.24) is 9.55 Å². The van der Waals surface area contributed by atoms with Gasteiger partial charge < -0.3 is 10.5 Å². The van der Waals surface area contributed by atoms with Gasteiger partial charge in [-0.1, -0.05) is 15.9 Å². The molecule has 0 aliphatic heterocycles. The molecule has 0 amide bonds. The van der Waals surface area contributed by atoms with Crippen LogP contribution in [0.2, 0.25) is 0 Å². The first-order valence-electron chi connectivity index (χ1n) is 5.50. The van der Waals surface area contributed by atoms with Crippen molar-refractivity contribution in [2.45, 2.75) is 6.92 Å². The van der Waals surface area contributed by atoms with Crippen LogP contribution < -0.4 is 5.73 Å². The quantitative estimate of drug-likeness (QED) is 0.879. The van der Waals surface area contributed by atoms with Gasteiger partial charge in [0.2, 0.25) is 0 Å². The average molecular weight is 328 g/mol. The van der Waals surface area contributed by atoms with E-state index in [1.54, 1.807) is 19.1 Å². The zero-order chi connectivity index (χ0) is 14.0. The maximum absolute atomic E-state index is 13.8. The molecule has 0 saturated heterocycles. The van der Waals surface area contributed by atoms with Gasteiger partial charge in [0, 0.05) is 4.47 Å². The molecular weight excluding hydrogens is 317 g/mol. The number of carbonyl (C=O) groups is 1. The Balaban J connectivity index is 2.47. The number of ether oxygens (including phenoxy) is 1. The highest BCUT2D eigenvalue weighted by Crippen LogP contribution is 2.23. The van der Waals surface area contributed by atoms with E-state index in [1.165, 1.54) is 17.0 Å². The molecule has 1 heterocycles. The first-order valence-corrected chi connectivity index (χ1v) is 6.29. The third-order valence-corrected chi connectivity index (χ3v) is 2.93. The third kappa shape index (κ3) is 2.60. The lowest BCUT2D eigenvalue weighted by molar-refractivity contribution is 0.0521. The summed E-state index contributed by atoms with van der Waals surface area (Å²) in [7, 11) is 0. The number of hydrogen-bond acceptors (Lipinski definition) is 4. The lowest BCUT2D eigenvalue weighted by Gasteiger charge is -2.07. The van der Waals surface area contributed by atoms with Crippen molar-refractivity contribution in [1.29, 1.82) is 0 Å². The number of anilines is 1. The van der Waals surface area contributed by atoms with Crippen LogP contribution in [0.25, 0.3) is 5.69 Å². The van der Waals surface area contributed by atoms with Crippen molar-refractivity contribution < 1.29 is 13.9 Å². The fourth-order valence-electron chi connectivity index (χ4n) is 1.58. The Bertz CT molecular complexity index is 627. The van der Waals surface area contributed by atoms with E-state index in [-0.39, 0.29) is 23.8 Å². The molecule has 100 valence electrons. The van der Waals surface area contributed by atoms with E-state index >= 15 is 0 Å². The van der Waals surface area contributed by atoms with Crippen LogP contribution in [0.1, 0.15) is 17.4 Å². The molecule has 0 unspecified atom stereocenters. The van der Waals surface area contributed by atoms with Crippen LogP contribution in [0, 0.1) is 5.82 Å². The molecule has 1 aromatic heterocycles. The number of rotatable bonds is 3. The molecule has 1 aromatic carbocycles. The molecule has 0 bridgehead atoms. The Morgan fingerprint density at radius 3 is 3.00 bits per heavy atom. The summed E-state index contributed by atoms with van der Waals surface area (Å²) in [5.41, 5.74) is 5.98. The molecule has 0 atom stereocenters. The first kappa shape index (κ1) is 13.5. The normalized spacial score (nSPS) is 10.5. The van der Waals surface area contributed by atoms with E-state index in [1.807, 2.05) is 0 Å². The predicted molar refractivity (Wildman–Crippen MR) is 71.6 cm³/mol. The molecule has 0 spiro atoms. The van der Waals surface area contributed by atoms with Crippen LogP contribution in [0.3, 0.4) is 0 Å². The minimum Gasteiger partial charge on any atom is -0.461 e. The fourth-order valence-corrected chi connectivity index (χ4v) is 1.93. The maximum atomic E-state index is 13.8. The zero-order valence-electron chi connectivity index (χ0n) is 10.1. The third-order valence-electron chi connectivity index (χ3n) is 2.44. The Morgan fingerprint density at radius 2 is 2.32 bits per heavy atom. The van der Waals surface area contributed by atoms with E-state index in [2.05, 4.69) is 20.9 Å². The molecule has 0 aliphatic carbocycles. The molecule has 0 fully saturated rings. The van der Waals surface area contributed by atoms with Crippen LogP contribution >= 0.6 is 15.9 Å². The lowest BCUT2D eigenvalue weighted by atomic mass is 10.3. The average Bonchev–Trinajstić information content (AvgIpc) is 2.74. The number of nitrogens with zero attached hydrogens (tertiary/aromatic N) is 2. The molecule has 0 saturated carbocycles. The van der Waals surface area contributed by atoms with E-state index in [0.29, 0.717) is 4.47 Å². The molecule has 5 nitrogen and oxygen atoms in total. The molecular formula is C12H11BrFN3O2. The number of carbonyl (C=O) groups excluding carboxylic acids is 1. The molecule has 2 rings (SSSR count). The second-order valence-electron chi connectivity index (χ2n) is 3.66. The highest BCUT2D eigenvalue weighted by molar-refractivity contribution is 9.10. The van der Waals surface area contributed by atoms with Crippen molar-refractivity contribution in [2.24, 2.45) is 0 Å². The van der Waals surface area contributed by atoms with Gasteiger partial charge in [-0.3, -0.25) is 4.57 Å². The molecule has 0 aliphatic rings. The standard InChI is InChI=1S/C12H11BrFN3O2/c1-2-19-12(18)10-11(15)17(6-16-10)9-5-7(13)3-4-8(9)14/h3-6H,2,15H2,1H3. The van der Waals surface area contributed by atoms with Crippen molar-refractivity contribution in [3.63, 3.8) is 0 Å². The molecule has 2 aromatic rings. The molecule has 7 heteroatoms. The van der Waals surface area contributed by atoms with Gasteiger partial charge in [-0.25, -0.2) is 14.2 Å². The summed E-state index contributed by atoms with van der Waals surface area (Å²) in [6.07, 6.45) is 1.28. The number of benzene rings is 1. The predicted octanol–water partition coefficient (Wildman–Crippen LogP) is 2.53. The summed E-state index contributed by atoms with van der Waals surface area (Å²) in [5, 5.41) is 0. The van der Waals surface area contributed by atoms with Crippen molar-refractivity contribution in [3.05, 3.63) is 40.5 Å². The van der Waals surface area contributed by atoms with E-state index in [4.69, 9.17) is 10.5 Å². The van der Waals surface area contributed by atoms with Crippen LogP contribution in [-0.4, -0.2) is 22.1 Å². The number of aromatic nitrogens is 2. The van der Waals surface area contributed by atoms with Gasteiger partial charge in [-0.05, 0) is 25.1 Å².